The number of fused-ring (bicyclic) bond motifs is 1. The zero-order chi connectivity index (χ0) is 22.6. The van der Waals surface area contributed by atoms with Gasteiger partial charge in [0, 0.05) is 11.1 Å². The van der Waals surface area contributed by atoms with Crippen molar-refractivity contribution in [3.63, 3.8) is 0 Å². The Bertz CT molecular complexity index is 873. The van der Waals surface area contributed by atoms with Crippen molar-refractivity contribution in [3.05, 3.63) is 58.7 Å². The maximum absolute atomic E-state index is 10.5. The van der Waals surface area contributed by atoms with E-state index < -0.39 is 8.25 Å². The normalized spacial score (nSPS) is 13.1. The van der Waals surface area contributed by atoms with Gasteiger partial charge in [0.25, 0.3) is 0 Å². The van der Waals surface area contributed by atoms with Crippen molar-refractivity contribution in [1.29, 1.82) is 0 Å². The second kappa shape index (κ2) is 13.5. The lowest BCUT2D eigenvalue weighted by Gasteiger charge is -2.15. The molecule has 1 atom stereocenters. The van der Waals surface area contributed by atoms with E-state index in [1.54, 1.807) is 7.11 Å². The molecule has 0 spiro atoms. The van der Waals surface area contributed by atoms with Gasteiger partial charge in [-0.15, -0.1) is 9.42 Å². The number of methoxy groups -OCH3 is 1. The first-order valence-electron chi connectivity index (χ1n) is 11.6. The summed E-state index contributed by atoms with van der Waals surface area (Å²) in [5.74, 6) is 1.97. The lowest BCUT2D eigenvalue weighted by Crippen LogP contribution is -2.17. The first kappa shape index (κ1) is 24.7. The molecule has 0 aliphatic heterocycles. The van der Waals surface area contributed by atoms with Crippen molar-refractivity contribution in [3.8, 4) is 11.5 Å². The van der Waals surface area contributed by atoms with Crippen LogP contribution in [0.5, 0.6) is 11.5 Å². The number of hydrogen-bond donors (Lipinski definition) is 2. The Morgan fingerprint density at radius 3 is 2.75 bits per heavy atom. The van der Waals surface area contributed by atoms with E-state index in [1.165, 1.54) is 28.7 Å². The van der Waals surface area contributed by atoms with Gasteiger partial charge < -0.3 is 14.8 Å². The number of ether oxygens (including phenoxy) is 2. The van der Waals surface area contributed by atoms with Crippen LogP contribution in [0.25, 0.3) is 0 Å². The van der Waals surface area contributed by atoms with Crippen LogP contribution in [0.1, 0.15) is 54.4 Å². The fourth-order valence-corrected chi connectivity index (χ4v) is 4.51. The number of aryl methyl sites for hydroxylation is 1. The van der Waals surface area contributed by atoms with E-state index in [0.29, 0.717) is 13.0 Å². The van der Waals surface area contributed by atoms with Crippen LogP contribution in [0.3, 0.4) is 0 Å². The summed E-state index contributed by atoms with van der Waals surface area (Å²) in [6, 6.07) is 12.6. The molecule has 0 fully saturated rings. The largest absolute Gasteiger partial charge is 0.694 e. The Morgan fingerprint density at radius 2 is 1.91 bits per heavy atom. The molecule has 2 aromatic rings. The van der Waals surface area contributed by atoms with Crippen molar-refractivity contribution in [2.24, 2.45) is 0 Å². The van der Waals surface area contributed by atoms with Crippen LogP contribution in [0.15, 0.2) is 36.4 Å². The first-order valence-corrected chi connectivity index (χ1v) is 12.7. The summed E-state index contributed by atoms with van der Waals surface area (Å²) < 4.78 is 26.6. The van der Waals surface area contributed by atoms with E-state index >= 15 is 0 Å². The molecule has 6 nitrogen and oxygen atoms in total. The molecule has 2 aromatic carbocycles. The number of nitrogens with one attached hydrogen (secondary N) is 1. The molecule has 32 heavy (non-hydrogen) atoms. The second-order valence-electron chi connectivity index (χ2n) is 8.15. The smallest absolute Gasteiger partial charge is 0.497 e. The summed E-state index contributed by atoms with van der Waals surface area (Å²) in [7, 11) is -0.784. The van der Waals surface area contributed by atoms with Crippen LogP contribution in [-0.4, -0.2) is 31.8 Å². The van der Waals surface area contributed by atoms with Crippen LogP contribution in [0.2, 0.25) is 0 Å². The van der Waals surface area contributed by atoms with Gasteiger partial charge in [-0.3, -0.25) is 0 Å². The molecule has 0 bridgehead atoms. The summed E-state index contributed by atoms with van der Waals surface area (Å²) in [4.78, 5) is 8.64. The maximum Gasteiger partial charge on any atom is 0.694 e. The van der Waals surface area contributed by atoms with Crippen molar-refractivity contribution in [2.45, 2.75) is 57.9 Å². The van der Waals surface area contributed by atoms with E-state index in [9.17, 15) is 4.57 Å². The zero-order valence-corrected chi connectivity index (χ0v) is 19.9. The molecule has 3 rings (SSSR count). The second-order valence-corrected chi connectivity index (χ2v) is 8.88. The highest BCUT2D eigenvalue weighted by atomic mass is 31.1. The van der Waals surface area contributed by atoms with Crippen molar-refractivity contribution in [2.75, 3.05) is 26.9 Å². The van der Waals surface area contributed by atoms with Crippen LogP contribution in [0.4, 0.5) is 0 Å². The highest BCUT2D eigenvalue weighted by Gasteiger charge is 2.19. The van der Waals surface area contributed by atoms with Gasteiger partial charge in [0.2, 0.25) is 0 Å². The Morgan fingerprint density at radius 1 is 1.03 bits per heavy atom. The molecule has 0 amide bonds. The summed E-state index contributed by atoms with van der Waals surface area (Å²) >= 11 is 0. The number of hydrogen-bond acceptors (Lipinski definition) is 5. The molecule has 0 aromatic heterocycles. The molecule has 2 N–H and O–H groups in total. The third-order valence-corrected chi connectivity index (χ3v) is 6.26. The van der Waals surface area contributed by atoms with Gasteiger partial charge in [-0.05, 0) is 98.4 Å². The Kier molecular flexibility index (Phi) is 10.4. The van der Waals surface area contributed by atoms with Crippen LogP contribution in [-0.2, 0) is 34.9 Å². The molecule has 7 heteroatoms. The van der Waals surface area contributed by atoms with Crippen LogP contribution in [0, 0.1) is 0 Å². The average molecular weight is 461 g/mol. The maximum atomic E-state index is 10.5. The van der Waals surface area contributed by atoms with Gasteiger partial charge >= 0.3 is 8.25 Å². The summed E-state index contributed by atoms with van der Waals surface area (Å²) in [5, 5.41) is 3.41. The highest BCUT2D eigenvalue weighted by Crippen LogP contribution is 2.33. The van der Waals surface area contributed by atoms with Crippen molar-refractivity contribution in [1.82, 2.24) is 5.32 Å². The molecule has 1 aliphatic rings. The number of unbranched alkanes of at least 4 members (excludes halogenated alkanes) is 2. The Labute approximate surface area is 192 Å². The molecule has 0 saturated carbocycles. The summed E-state index contributed by atoms with van der Waals surface area (Å²) in [6.45, 7) is 2.61. The molecule has 174 valence electrons. The fraction of sp³-hybridized carbons (Fsp3) is 0.520. The van der Waals surface area contributed by atoms with Gasteiger partial charge in [0.1, 0.15) is 18.1 Å². The molecule has 0 radical (unpaired) electrons. The molecule has 1 aliphatic carbocycles. The van der Waals surface area contributed by atoms with Gasteiger partial charge in [-0.1, -0.05) is 18.2 Å². The topological polar surface area (TPSA) is 77.0 Å². The lowest BCUT2D eigenvalue weighted by molar-refractivity contribution is 0.276. The number of benzene rings is 2. The lowest BCUT2D eigenvalue weighted by atomic mass is 10.0. The van der Waals surface area contributed by atoms with Crippen LogP contribution >= 0.6 is 8.25 Å². The van der Waals surface area contributed by atoms with E-state index in [-0.39, 0.29) is 0 Å². The molecule has 1 unspecified atom stereocenters. The SMILES string of the molecule is COc1cccc(CCCCCOc2ccc(CNCCCO[P+](=O)O)c3c2CCC3)c1. The Balaban J connectivity index is 1.37. The first-order chi connectivity index (χ1) is 15.7. The average Bonchev–Trinajstić information content (AvgIpc) is 3.29. The molecular weight excluding hydrogens is 425 g/mol. The third kappa shape index (κ3) is 7.86. The molecule has 0 saturated heterocycles. The minimum atomic E-state index is -2.49. The van der Waals surface area contributed by atoms with Crippen LogP contribution < -0.4 is 14.8 Å². The molecule has 0 heterocycles. The summed E-state index contributed by atoms with van der Waals surface area (Å²) in [5.41, 5.74) is 5.46. The predicted octanol–water partition coefficient (Wildman–Crippen LogP) is 5.12. The van der Waals surface area contributed by atoms with Gasteiger partial charge in [0.05, 0.1) is 13.7 Å². The van der Waals surface area contributed by atoms with E-state index in [1.807, 2.05) is 12.1 Å². The third-order valence-electron chi connectivity index (χ3n) is 5.86. The monoisotopic (exact) mass is 460 g/mol. The minimum absolute atomic E-state index is 0.295. The predicted molar refractivity (Wildman–Crippen MR) is 127 cm³/mol. The molecular formula is C25H35NO5P+. The van der Waals surface area contributed by atoms with E-state index in [4.69, 9.17) is 14.4 Å². The highest BCUT2D eigenvalue weighted by molar-refractivity contribution is 7.32. The van der Waals surface area contributed by atoms with Crippen molar-refractivity contribution < 1.29 is 23.5 Å². The van der Waals surface area contributed by atoms with Gasteiger partial charge in [-0.25, -0.2) is 0 Å². The van der Waals surface area contributed by atoms with E-state index in [2.05, 4.69) is 34.1 Å². The van der Waals surface area contributed by atoms with Crippen molar-refractivity contribution >= 4 is 8.25 Å². The quantitative estimate of drug-likeness (QED) is 0.284. The standard InChI is InChI=1S/C25H34NO5P/c1-29-22-10-5-9-20(18-22)8-3-2-4-16-30-25-14-13-21(23-11-6-12-24(23)25)19-26-15-7-17-31-32(27)28/h5,9-10,13-14,18,26H,2-4,6-8,11-12,15-17,19H2,1H3/p+1. The number of rotatable bonds is 15. The Hall–Kier alpha value is -1.98. The fourth-order valence-electron chi connectivity index (χ4n) is 4.23. The van der Waals surface area contributed by atoms with E-state index in [0.717, 1.165) is 69.7 Å². The minimum Gasteiger partial charge on any atom is -0.497 e. The summed E-state index contributed by atoms with van der Waals surface area (Å²) in [6.07, 6.45) is 8.52. The van der Waals surface area contributed by atoms with Gasteiger partial charge in [0.15, 0.2) is 0 Å². The zero-order valence-electron chi connectivity index (χ0n) is 19.0. The van der Waals surface area contributed by atoms with Gasteiger partial charge in [-0.2, -0.15) is 0 Å².